The molecule has 4 N–H and O–H groups in total. The van der Waals surface area contributed by atoms with Crippen molar-refractivity contribution in [2.75, 3.05) is 0 Å². The molecule has 198 valence electrons. The fraction of sp³-hybridized carbons (Fsp3) is 0.0667. The van der Waals surface area contributed by atoms with E-state index < -0.39 is 58.3 Å². The van der Waals surface area contributed by atoms with Crippen LogP contribution in [0.15, 0.2) is 60.7 Å². The van der Waals surface area contributed by atoms with Crippen molar-refractivity contribution in [3.05, 3.63) is 116 Å². The van der Waals surface area contributed by atoms with Gasteiger partial charge in [0.2, 0.25) is 0 Å². The van der Waals surface area contributed by atoms with E-state index in [4.69, 9.17) is 0 Å². The summed E-state index contributed by atoms with van der Waals surface area (Å²) in [5.74, 6) is -9.55. The lowest BCUT2D eigenvalue weighted by Gasteiger charge is -2.40. The maximum atomic E-state index is 13.5. The number of phenolic OH excluding ortho intramolecular Hbond substituents is 2. The van der Waals surface area contributed by atoms with Crippen molar-refractivity contribution in [3.8, 4) is 23.0 Å². The molecule has 0 heterocycles. The Bertz CT molecular complexity index is 1720. The molecule has 0 radical (unpaired) electrons. The Morgan fingerprint density at radius 2 is 0.950 bits per heavy atom. The van der Waals surface area contributed by atoms with Crippen LogP contribution in [0.2, 0.25) is 0 Å². The molecule has 2 atom stereocenters. The Balaban J connectivity index is 1.79. The predicted octanol–water partition coefficient (Wildman–Crippen LogP) is 2.69. The third kappa shape index (κ3) is 3.29. The van der Waals surface area contributed by atoms with E-state index in [-0.39, 0.29) is 55.6 Å². The second-order valence-electron chi connectivity index (χ2n) is 9.58. The number of rotatable bonds is 3. The molecule has 0 amide bonds. The summed E-state index contributed by atoms with van der Waals surface area (Å²) < 4.78 is 0. The highest BCUT2D eigenvalue weighted by atomic mass is 16.4. The third-order valence-corrected chi connectivity index (χ3v) is 7.49. The van der Waals surface area contributed by atoms with Crippen LogP contribution in [0, 0.1) is 0 Å². The summed E-state index contributed by atoms with van der Waals surface area (Å²) in [4.78, 5) is 50.9. The number of carboxylic acid groups (broad SMARTS) is 2. The van der Waals surface area contributed by atoms with Gasteiger partial charge in [-0.25, -0.2) is 9.59 Å². The Morgan fingerprint density at radius 3 is 1.30 bits per heavy atom. The van der Waals surface area contributed by atoms with Crippen LogP contribution in [0.3, 0.4) is 0 Å². The van der Waals surface area contributed by atoms with Gasteiger partial charge in [0.15, 0.2) is 11.6 Å². The van der Waals surface area contributed by atoms with E-state index in [9.17, 15) is 49.8 Å². The minimum Gasteiger partial charge on any atom is -0.872 e. The predicted molar refractivity (Wildman–Crippen MR) is 132 cm³/mol. The monoisotopic (exact) mass is 536 g/mol. The number of carbonyl (C=O) groups is 4. The van der Waals surface area contributed by atoms with Gasteiger partial charge in [-0.15, -0.1) is 0 Å². The molecule has 0 saturated heterocycles. The van der Waals surface area contributed by atoms with Gasteiger partial charge in [0.05, 0.1) is 22.3 Å². The second-order valence-corrected chi connectivity index (χ2v) is 9.58. The minimum atomic E-state index is -1.42. The highest BCUT2D eigenvalue weighted by molar-refractivity contribution is 6.18. The number of carbonyl (C=O) groups excluding carboxylic acids is 2. The summed E-state index contributed by atoms with van der Waals surface area (Å²) in [6.07, 6.45) is 0. The number of phenols is 2. The van der Waals surface area contributed by atoms with E-state index in [0.717, 1.165) is 36.4 Å². The lowest BCUT2D eigenvalue weighted by atomic mass is 9.63. The zero-order chi connectivity index (χ0) is 28.6. The summed E-state index contributed by atoms with van der Waals surface area (Å²) >= 11 is 0. The highest BCUT2D eigenvalue weighted by Crippen LogP contribution is 2.55. The largest absolute Gasteiger partial charge is 0.872 e. The van der Waals surface area contributed by atoms with Gasteiger partial charge >= 0.3 is 11.9 Å². The van der Waals surface area contributed by atoms with Crippen LogP contribution < -0.4 is 10.2 Å². The Morgan fingerprint density at radius 1 is 0.575 bits per heavy atom. The van der Waals surface area contributed by atoms with E-state index in [1.54, 1.807) is 0 Å². The normalized spacial score (nSPS) is 16.9. The molecule has 6 rings (SSSR count). The zero-order valence-corrected chi connectivity index (χ0v) is 20.2. The first-order valence-electron chi connectivity index (χ1n) is 11.9. The van der Waals surface area contributed by atoms with E-state index in [0.29, 0.717) is 0 Å². The molecule has 40 heavy (non-hydrogen) atoms. The van der Waals surface area contributed by atoms with Crippen molar-refractivity contribution in [2.24, 2.45) is 0 Å². The molecule has 0 fully saturated rings. The molecule has 0 spiro atoms. The van der Waals surface area contributed by atoms with Crippen molar-refractivity contribution < 1.29 is 49.8 Å². The molecule has 0 aliphatic heterocycles. The van der Waals surface area contributed by atoms with Crippen LogP contribution in [0.4, 0.5) is 0 Å². The molecule has 0 aromatic heterocycles. The molecule has 10 nitrogen and oxygen atoms in total. The van der Waals surface area contributed by atoms with Crippen LogP contribution >= 0.6 is 0 Å². The smallest absolute Gasteiger partial charge is 0.335 e. The van der Waals surface area contributed by atoms with Gasteiger partial charge < -0.3 is 30.6 Å². The van der Waals surface area contributed by atoms with Crippen LogP contribution in [-0.2, 0) is 0 Å². The fourth-order valence-electron chi connectivity index (χ4n) is 5.93. The summed E-state index contributed by atoms with van der Waals surface area (Å²) in [5.41, 5.74) is -1.76. The molecule has 0 bridgehead atoms. The van der Waals surface area contributed by atoms with Gasteiger partial charge in [-0.05, 0) is 46.5 Å². The van der Waals surface area contributed by atoms with E-state index in [1.165, 1.54) is 24.3 Å². The third-order valence-electron chi connectivity index (χ3n) is 7.49. The van der Waals surface area contributed by atoms with Crippen LogP contribution in [0.1, 0.15) is 86.6 Å². The Kier molecular flexibility index (Phi) is 5.20. The molecule has 0 saturated carbocycles. The first-order valence-corrected chi connectivity index (χ1v) is 11.9. The quantitative estimate of drug-likeness (QED) is 0.302. The molecule has 2 aliphatic rings. The Hall–Kier alpha value is -5.64. The topological polar surface area (TPSA) is 195 Å². The van der Waals surface area contributed by atoms with Crippen molar-refractivity contribution in [3.63, 3.8) is 0 Å². The van der Waals surface area contributed by atoms with Gasteiger partial charge in [0.25, 0.3) is 0 Å². The highest BCUT2D eigenvalue weighted by Gasteiger charge is 2.44. The number of fused-ring (bicyclic) bond motifs is 4. The van der Waals surface area contributed by atoms with Crippen LogP contribution in [0.25, 0.3) is 0 Å². The number of benzene rings is 4. The van der Waals surface area contributed by atoms with E-state index in [2.05, 4.69) is 0 Å². The number of carboxylic acids is 2. The van der Waals surface area contributed by atoms with Crippen LogP contribution in [0.5, 0.6) is 23.0 Å². The van der Waals surface area contributed by atoms with Crippen molar-refractivity contribution in [1.82, 2.24) is 0 Å². The fourth-order valence-corrected chi connectivity index (χ4v) is 5.93. The lowest BCUT2D eigenvalue weighted by molar-refractivity contribution is -0.269. The standard InChI is InChI=1S/C30H18O10/c31-17-5-1-3-13-21(15-7-11(29(37)38)9-19(33)25(15)27(35)23(13)17)22-14-4-2-6-18(32)24(14)28(36)26-16(22)8-12(30(39)40)10-20(26)34/h1-10,21-22,31-34H,(H,37,38)(H,39,40)/p-2/t21-,22-/m1/s1. The average molecular weight is 536 g/mol. The molecule has 0 unspecified atom stereocenters. The maximum absolute atomic E-state index is 13.5. The molecule has 2 aliphatic carbocycles. The van der Waals surface area contributed by atoms with Gasteiger partial charge in [0, 0.05) is 23.0 Å². The lowest BCUT2D eigenvalue weighted by Crippen LogP contribution is -2.31. The van der Waals surface area contributed by atoms with Crippen molar-refractivity contribution in [2.45, 2.75) is 11.8 Å². The average Bonchev–Trinajstić information content (AvgIpc) is 2.89. The van der Waals surface area contributed by atoms with Crippen molar-refractivity contribution in [1.29, 1.82) is 0 Å². The first kappa shape index (κ1) is 24.7. The number of hydrogen-bond acceptors (Lipinski definition) is 8. The number of aromatic carboxylic acids is 2. The van der Waals surface area contributed by atoms with Gasteiger partial charge in [-0.3, -0.25) is 9.59 Å². The summed E-state index contributed by atoms with van der Waals surface area (Å²) in [6.45, 7) is 0. The SMILES string of the molecule is O=C(O)c1cc(O)c2c(c1)[C@H]([C@@H]1c3cccc([O-])c3C(=O)c3c(O)cc(C(=O)O)cc31)c1cccc([O-])c1C2=O. The summed E-state index contributed by atoms with van der Waals surface area (Å²) in [7, 11) is 0. The molecular weight excluding hydrogens is 520 g/mol. The zero-order valence-electron chi connectivity index (χ0n) is 20.2. The first-order chi connectivity index (χ1) is 19.0. The van der Waals surface area contributed by atoms with E-state index in [1.807, 2.05) is 0 Å². The number of ketones is 2. The minimum absolute atomic E-state index is 0.00623. The maximum Gasteiger partial charge on any atom is 0.335 e. The Labute approximate surface area is 224 Å². The van der Waals surface area contributed by atoms with Gasteiger partial charge in [0.1, 0.15) is 11.5 Å². The molecule has 4 aromatic carbocycles. The molecule has 4 aromatic rings. The molecule has 10 heteroatoms. The second kappa shape index (κ2) is 8.43. The number of aromatic hydroxyl groups is 2. The van der Waals surface area contributed by atoms with Gasteiger partial charge in [-0.1, -0.05) is 47.9 Å². The summed E-state index contributed by atoms with van der Waals surface area (Å²) in [5, 5.41) is 67.0. The van der Waals surface area contributed by atoms with Crippen LogP contribution in [-0.4, -0.2) is 43.9 Å². The molecular formula is C30H16O10-2. The summed E-state index contributed by atoms with van der Waals surface area (Å²) in [6, 6.07) is 12.1. The number of hydrogen-bond donors (Lipinski definition) is 4. The van der Waals surface area contributed by atoms with Crippen molar-refractivity contribution >= 4 is 23.5 Å². The van der Waals surface area contributed by atoms with Gasteiger partial charge in [-0.2, -0.15) is 0 Å². The van der Waals surface area contributed by atoms with E-state index >= 15 is 0 Å².